The second-order valence-corrected chi connectivity index (χ2v) is 7.06. The predicted octanol–water partition coefficient (Wildman–Crippen LogP) is 4.28. The largest absolute Gasteiger partial charge is 0.326 e. The van der Waals surface area contributed by atoms with Crippen LogP contribution in [0.3, 0.4) is 0 Å². The van der Waals surface area contributed by atoms with Gasteiger partial charge in [-0.2, -0.15) is 0 Å². The molecule has 3 heteroatoms. The fourth-order valence-electron chi connectivity index (χ4n) is 2.80. The molecule has 2 rings (SSSR count). The van der Waals surface area contributed by atoms with Crippen molar-refractivity contribution in [1.82, 2.24) is 4.90 Å². The average Bonchev–Trinajstić information content (AvgIpc) is 2.86. The van der Waals surface area contributed by atoms with Gasteiger partial charge in [0.15, 0.2) is 0 Å². The first kappa shape index (κ1) is 16.2. The highest BCUT2D eigenvalue weighted by Crippen LogP contribution is 2.31. The van der Waals surface area contributed by atoms with Crippen LogP contribution in [0.4, 0.5) is 0 Å². The number of hydrogen-bond acceptors (Lipinski definition) is 3. The fraction of sp³-hybridized carbons (Fsp3) is 0.444. The quantitative estimate of drug-likeness (QED) is 0.863. The molecule has 1 aromatic heterocycles. The predicted molar refractivity (Wildman–Crippen MR) is 92.7 cm³/mol. The molecule has 1 heterocycles. The molecule has 0 aliphatic heterocycles. The average molecular weight is 302 g/mol. The molecular weight excluding hydrogens is 276 g/mol. The monoisotopic (exact) mass is 302 g/mol. The standard InChI is InChI=1S/C18H26N2S/c1-5-20(12-16-9-7-6-8-13(16)2)18(15(4)19)17-11-10-14(3)21-17/h6-11,15,18H,5,12,19H2,1-4H3. The Labute approximate surface area is 132 Å². The maximum atomic E-state index is 6.31. The molecule has 0 fully saturated rings. The van der Waals surface area contributed by atoms with Gasteiger partial charge in [-0.1, -0.05) is 31.2 Å². The van der Waals surface area contributed by atoms with Crippen LogP contribution in [0.1, 0.15) is 40.8 Å². The van der Waals surface area contributed by atoms with E-state index in [2.05, 4.69) is 69.0 Å². The van der Waals surface area contributed by atoms with Gasteiger partial charge in [0.05, 0.1) is 6.04 Å². The van der Waals surface area contributed by atoms with Crippen molar-refractivity contribution in [1.29, 1.82) is 0 Å². The minimum Gasteiger partial charge on any atom is -0.326 e. The van der Waals surface area contributed by atoms with Crippen molar-refractivity contribution < 1.29 is 0 Å². The Bertz CT molecular complexity index is 574. The van der Waals surface area contributed by atoms with E-state index in [-0.39, 0.29) is 12.1 Å². The zero-order valence-electron chi connectivity index (χ0n) is 13.5. The number of nitrogens with zero attached hydrogens (tertiary/aromatic N) is 1. The molecule has 2 N–H and O–H groups in total. The van der Waals surface area contributed by atoms with Gasteiger partial charge >= 0.3 is 0 Å². The van der Waals surface area contributed by atoms with Gasteiger partial charge in [-0.05, 0) is 50.6 Å². The van der Waals surface area contributed by atoms with Gasteiger partial charge < -0.3 is 5.73 Å². The van der Waals surface area contributed by atoms with Crippen LogP contribution in [0.5, 0.6) is 0 Å². The lowest BCUT2D eigenvalue weighted by molar-refractivity contribution is 0.179. The van der Waals surface area contributed by atoms with Crippen LogP contribution in [-0.4, -0.2) is 17.5 Å². The Morgan fingerprint density at radius 1 is 1.14 bits per heavy atom. The Morgan fingerprint density at radius 2 is 1.86 bits per heavy atom. The Hall–Kier alpha value is -1.16. The minimum atomic E-state index is 0.118. The Kier molecular flexibility index (Phi) is 5.57. The lowest BCUT2D eigenvalue weighted by Gasteiger charge is -2.33. The molecule has 2 atom stereocenters. The van der Waals surface area contributed by atoms with Gasteiger partial charge in [-0.15, -0.1) is 11.3 Å². The van der Waals surface area contributed by atoms with E-state index in [1.165, 1.54) is 20.9 Å². The Balaban J connectivity index is 2.26. The highest BCUT2D eigenvalue weighted by Gasteiger charge is 2.24. The van der Waals surface area contributed by atoms with Crippen LogP contribution in [0, 0.1) is 13.8 Å². The summed E-state index contributed by atoms with van der Waals surface area (Å²) >= 11 is 1.86. The number of aryl methyl sites for hydroxylation is 2. The van der Waals surface area contributed by atoms with E-state index < -0.39 is 0 Å². The SMILES string of the molecule is CCN(Cc1ccccc1C)C(c1ccc(C)s1)C(C)N. The molecule has 0 aliphatic carbocycles. The van der Waals surface area contributed by atoms with Crippen LogP contribution in [-0.2, 0) is 6.54 Å². The first-order valence-electron chi connectivity index (χ1n) is 7.63. The van der Waals surface area contributed by atoms with Crippen molar-refractivity contribution in [3.8, 4) is 0 Å². The molecule has 2 aromatic rings. The maximum Gasteiger partial charge on any atom is 0.0593 e. The minimum absolute atomic E-state index is 0.118. The summed E-state index contributed by atoms with van der Waals surface area (Å²) in [5.41, 5.74) is 9.05. The summed E-state index contributed by atoms with van der Waals surface area (Å²) in [6.45, 7) is 10.6. The lowest BCUT2D eigenvalue weighted by Crippen LogP contribution is -2.38. The van der Waals surface area contributed by atoms with E-state index in [0.29, 0.717) is 0 Å². The van der Waals surface area contributed by atoms with Gasteiger partial charge in [-0.25, -0.2) is 0 Å². The molecule has 2 nitrogen and oxygen atoms in total. The van der Waals surface area contributed by atoms with Crippen LogP contribution < -0.4 is 5.73 Å². The van der Waals surface area contributed by atoms with E-state index in [0.717, 1.165) is 13.1 Å². The molecule has 0 aliphatic rings. The number of thiophene rings is 1. The third kappa shape index (κ3) is 3.94. The summed E-state index contributed by atoms with van der Waals surface area (Å²) in [6.07, 6.45) is 0. The van der Waals surface area contributed by atoms with E-state index in [1.807, 2.05) is 11.3 Å². The van der Waals surface area contributed by atoms with Gasteiger partial charge in [0.25, 0.3) is 0 Å². The molecule has 0 radical (unpaired) electrons. The topological polar surface area (TPSA) is 29.3 Å². The van der Waals surface area contributed by atoms with Crippen molar-refractivity contribution in [3.05, 3.63) is 57.3 Å². The van der Waals surface area contributed by atoms with Gasteiger partial charge in [0, 0.05) is 22.3 Å². The van der Waals surface area contributed by atoms with Crippen LogP contribution in [0.25, 0.3) is 0 Å². The first-order valence-corrected chi connectivity index (χ1v) is 8.45. The van der Waals surface area contributed by atoms with E-state index >= 15 is 0 Å². The smallest absolute Gasteiger partial charge is 0.0593 e. The van der Waals surface area contributed by atoms with Crippen molar-refractivity contribution in [3.63, 3.8) is 0 Å². The lowest BCUT2D eigenvalue weighted by atomic mass is 10.0. The summed E-state index contributed by atoms with van der Waals surface area (Å²) < 4.78 is 0. The van der Waals surface area contributed by atoms with Gasteiger partial charge in [-0.3, -0.25) is 4.90 Å². The molecule has 1 aromatic carbocycles. The second-order valence-electron chi connectivity index (χ2n) is 5.74. The summed E-state index contributed by atoms with van der Waals surface area (Å²) in [7, 11) is 0. The summed E-state index contributed by atoms with van der Waals surface area (Å²) in [6, 6.07) is 13.4. The molecule has 114 valence electrons. The normalized spacial score (nSPS) is 14.4. The highest BCUT2D eigenvalue weighted by molar-refractivity contribution is 7.12. The number of benzene rings is 1. The zero-order valence-corrected chi connectivity index (χ0v) is 14.3. The van der Waals surface area contributed by atoms with E-state index in [4.69, 9.17) is 5.73 Å². The van der Waals surface area contributed by atoms with Crippen molar-refractivity contribution in [2.24, 2.45) is 5.73 Å². The van der Waals surface area contributed by atoms with E-state index in [1.54, 1.807) is 0 Å². The Morgan fingerprint density at radius 3 is 2.38 bits per heavy atom. The molecule has 0 saturated carbocycles. The third-order valence-corrected chi connectivity index (χ3v) is 5.06. The first-order chi connectivity index (χ1) is 10.0. The van der Waals surface area contributed by atoms with Crippen LogP contribution in [0.2, 0.25) is 0 Å². The summed E-state index contributed by atoms with van der Waals surface area (Å²) in [5, 5.41) is 0. The van der Waals surface area contributed by atoms with E-state index in [9.17, 15) is 0 Å². The molecule has 2 unspecified atom stereocenters. The maximum absolute atomic E-state index is 6.31. The fourth-order valence-corrected chi connectivity index (χ4v) is 3.93. The number of rotatable bonds is 6. The van der Waals surface area contributed by atoms with Crippen LogP contribution in [0.15, 0.2) is 36.4 Å². The van der Waals surface area contributed by atoms with Crippen LogP contribution >= 0.6 is 11.3 Å². The third-order valence-electron chi connectivity index (χ3n) is 3.98. The summed E-state index contributed by atoms with van der Waals surface area (Å²) in [4.78, 5) is 5.21. The van der Waals surface area contributed by atoms with Gasteiger partial charge in [0.2, 0.25) is 0 Å². The highest BCUT2D eigenvalue weighted by atomic mass is 32.1. The molecule has 21 heavy (non-hydrogen) atoms. The number of nitrogens with two attached hydrogens (primary N) is 1. The van der Waals surface area contributed by atoms with Crippen molar-refractivity contribution in [2.75, 3.05) is 6.54 Å². The van der Waals surface area contributed by atoms with Crippen molar-refractivity contribution in [2.45, 2.75) is 46.3 Å². The molecule has 0 amide bonds. The molecule has 0 bridgehead atoms. The second kappa shape index (κ2) is 7.21. The molecular formula is C18H26N2S. The molecule has 0 spiro atoms. The zero-order chi connectivity index (χ0) is 15.4. The van der Waals surface area contributed by atoms with Gasteiger partial charge in [0.1, 0.15) is 0 Å². The van der Waals surface area contributed by atoms with Crippen molar-refractivity contribution >= 4 is 11.3 Å². The molecule has 0 saturated heterocycles. The number of hydrogen-bond donors (Lipinski definition) is 1. The summed E-state index contributed by atoms with van der Waals surface area (Å²) in [5.74, 6) is 0. The number of likely N-dealkylation sites (N-methyl/N-ethyl adjacent to an activating group) is 1.